The van der Waals surface area contributed by atoms with Crippen LogP contribution in [0, 0.1) is 6.92 Å². The van der Waals surface area contributed by atoms with Gasteiger partial charge in [0.2, 0.25) is 0 Å². The third-order valence-electron chi connectivity index (χ3n) is 4.61. The molecular formula is C20H17BrN2O3S. The summed E-state index contributed by atoms with van der Waals surface area (Å²) in [6.45, 7) is 1.87. The number of benzene rings is 1. The number of nitrogens with one attached hydrogen (secondary N) is 2. The van der Waals surface area contributed by atoms with Gasteiger partial charge in [-0.3, -0.25) is 9.59 Å². The number of carbonyl (C=O) groups is 2. The van der Waals surface area contributed by atoms with Crippen molar-refractivity contribution in [2.24, 2.45) is 0 Å². The average Bonchev–Trinajstić information content (AvgIpc) is 3.06. The molecular weight excluding hydrogens is 428 g/mol. The number of anilines is 1. The molecule has 1 aliphatic carbocycles. The van der Waals surface area contributed by atoms with Gasteiger partial charge in [0, 0.05) is 4.47 Å². The minimum atomic E-state index is -0.332. The minimum Gasteiger partial charge on any atom is -0.459 e. The lowest BCUT2D eigenvalue weighted by Gasteiger charge is -2.18. The van der Waals surface area contributed by atoms with E-state index in [1.165, 1.54) is 17.6 Å². The summed E-state index contributed by atoms with van der Waals surface area (Å²) >= 11 is 4.71. The molecule has 2 N–H and O–H groups in total. The number of rotatable bonds is 5. The van der Waals surface area contributed by atoms with Crippen LogP contribution >= 0.6 is 27.3 Å². The summed E-state index contributed by atoms with van der Waals surface area (Å²) in [5.41, 5.74) is 1.66. The van der Waals surface area contributed by atoms with E-state index in [4.69, 9.17) is 4.42 Å². The van der Waals surface area contributed by atoms with Crippen molar-refractivity contribution in [1.29, 1.82) is 0 Å². The van der Waals surface area contributed by atoms with E-state index >= 15 is 0 Å². The van der Waals surface area contributed by atoms with Crippen molar-refractivity contribution in [2.45, 2.75) is 25.3 Å². The van der Waals surface area contributed by atoms with Gasteiger partial charge in [0.05, 0.1) is 21.7 Å². The van der Waals surface area contributed by atoms with Gasteiger partial charge in [0.1, 0.15) is 0 Å². The summed E-state index contributed by atoms with van der Waals surface area (Å²) in [6, 6.07) is 13.1. The number of thiophene rings is 1. The third-order valence-corrected chi connectivity index (χ3v) is 6.29. The third kappa shape index (κ3) is 3.70. The highest BCUT2D eigenvalue weighted by atomic mass is 79.9. The van der Waals surface area contributed by atoms with Crippen molar-refractivity contribution >= 4 is 44.1 Å². The molecule has 3 aromatic rings. The van der Waals surface area contributed by atoms with Crippen molar-refractivity contribution < 1.29 is 14.0 Å². The van der Waals surface area contributed by atoms with Crippen LogP contribution in [0.2, 0.25) is 0 Å². The minimum absolute atomic E-state index is 0.114. The maximum absolute atomic E-state index is 12.8. The molecule has 0 saturated heterocycles. The van der Waals surface area contributed by atoms with E-state index in [-0.39, 0.29) is 23.1 Å². The molecule has 1 fully saturated rings. The van der Waals surface area contributed by atoms with Crippen LogP contribution in [-0.4, -0.2) is 11.8 Å². The molecule has 0 unspecified atom stereocenters. The maximum atomic E-state index is 12.8. The largest absolute Gasteiger partial charge is 0.459 e. The molecule has 0 aliphatic heterocycles. The van der Waals surface area contributed by atoms with E-state index in [0.717, 1.165) is 28.4 Å². The second kappa shape index (κ2) is 6.98. The average molecular weight is 445 g/mol. The van der Waals surface area contributed by atoms with E-state index < -0.39 is 0 Å². The van der Waals surface area contributed by atoms with Gasteiger partial charge in [-0.25, -0.2) is 0 Å². The fraction of sp³-hybridized carbons (Fsp3) is 0.200. The lowest BCUT2D eigenvalue weighted by atomic mass is 10.0. The van der Waals surface area contributed by atoms with Gasteiger partial charge in [-0.2, -0.15) is 0 Å². The predicted molar refractivity (Wildman–Crippen MR) is 108 cm³/mol. The van der Waals surface area contributed by atoms with Crippen LogP contribution < -0.4 is 10.6 Å². The Morgan fingerprint density at radius 1 is 1.15 bits per heavy atom. The quantitative estimate of drug-likeness (QED) is 0.575. The van der Waals surface area contributed by atoms with Crippen LogP contribution in [0.1, 0.15) is 44.2 Å². The highest BCUT2D eigenvalue weighted by Gasteiger charge is 2.46. The summed E-state index contributed by atoms with van der Waals surface area (Å²) in [5, 5.41) is 6.57. The molecule has 2 amide bonds. The molecule has 2 aromatic heterocycles. The Labute approximate surface area is 168 Å². The van der Waals surface area contributed by atoms with Gasteiger partial charge in [0.15, 0.2) is 5.76 Å². The van der Waals surface area contributed by atoms with Gasteiger partial charge in [-0.1, -0.05) is 28.1 Å². The molecule has 4 rings (SSSR count). The standard InChI is InChI=1S/C20H17BrN2O3S/c1-12-11-16(22-18(24)15-3-2-10-26-15)27-17(12)19(25)23-20(8-9-20)13-4-6-14(21)7-5-13/h2-7,10-11H,8-9H2,1H3,(H,22,24)(H,23,25). The molecule has 0 radical (unpaired) electrons. The summed E-state index contributed by atoms with van der Waals surface area (Å²) in [4.78, 5) is 25.6. The highest BCUT2D eigenvalue weighted by Crippen LogP contribution is 2.46. The molecule has 1 aliphatic rings. The molecule has 0 spiro atoms. The molecule has 5 nitrogen and oxygen atoms in total. The van der Waals surface area contributed by atoms with Crippen LogP contribution in [0.4, 0.5) is 5.00 Å². The fourth-order valence-corrected chi connectivity index (χ4v) is 4.23. The number of halogens is 1. The van der Waals surface area contributed by atoms with Gasteiger partial charge in [-0.15, -0.1) is 11.3 Å². The van der Waals surface area contributed by atoms with Gasteiger partial charge in [-0.05, 0) is 61.2 Å². The highest BCUT2D eigenvalue weighted by molar-refractivity contribution is 9.10. The molecule has 1 aromatic carbocycles. The van der Waals surface area contributed by atoms with E-state index in [1.807, 2.05) is 31.2 Å². The van der Waals surface area contributed by atoms with Gasteiger partial charge in [0.25, 0.3) is 11.8 Å². The zero-order chi connectivity index (χ0) is 19.0. The van der Waals surface area contributed by atoms with Crippen LogP contribution in [0.25, 0.3) is 0 Å². The molecule has 138 valence electrons. The summed E-state index contributed by atoms with van der Waals surface area (Å²) in [5.74, 6) is -0.211. The van der Waals surface area contributed by atoms with Crippen LogP contribution in [0.15, 0.2) is 57.6 Å². The monoisotopic (exact) mass is 444 g/mol. The van der Waals surface area contributed by atoms with Crippen LogP contribution in [-0.2, 0) is 5.54 Å². The fourth-order valence-electron chi connectivity index (χ4n) is 3.00. The van der Waals surface area contributed by atoms with Crippen LogP contribution in [0.3, 0.4) is 0 Å². The molecule has 2 heterocycles. The normalized spacial score (nSPS) is 14.6. The first kappa shape index (κ1) is 18.0. The smallest absolute Gasteiger partial charge is 0.291 e. The number of aryl methyl sites for hydroxylation is 1. The summed E-state index contributed by atoms with van der Waals surface area (Å²) in [6.07, 6.45) is 3.30. The van der Waals surface area contributed by atoms with Crippen molar-refractivity contribution in [1.82, 2.24) is 5.32 Å². The Morgan fingerprint density at radius 3 is 2.52 bits per heavy atom. The van der Waals surface area contributed by atoms with Crippen molar-refractivity contribution in [2.75, 3.05) is 5.32 Å². The Balaban J connectivity index is 1.48. The van der Waals surface area contributed by atoms with Crippen molar-refractivity contribution in [3.63, 3.8) is 0 Å². The SMILES string of the molecule is Cc1cc(NC(=O)c2ccco2)sc1C(=O)NC1(c2ccc(Br)cc2)CC1. The number of hydrogen-bond donors (Lipinski definition) is 2. The second-order valence-electron chi connectivity index (χ2n) is 6.60. The molecule has 7 heteroatoms. The first-order valence-corrected chi connectivity index (χ1v) is 10.1. The van der Waals surface area contributed by atoms with E-state index in [2.05, 4.69) is 26.6 Å². The van der Waals surface area contributed by atoms with Gasteiger partial charge < -0.3 is 15.1 Å². The maximum Gasteiger partial charge on any atom is 0.291 e. The van der Waals surface area contributed by atoms with Gasteiger partial charge >= 0.3 is 0 Å². The lowest BCUT2D eigenvalue weighted by Crippen LogP contribution is -2.34. The van der Waals surface area contributed by atoms with Crippen molar-refractivity contribution in [3.05, 3.63) is 75.0 Å². The van der Waals surface area contributed by atoms with E-state index in [0.29, 0.717) is 9.88 Å². The molecule has 0 atom stereocenters. The predicted octanol–water partition coefficient (Wildman–Crippen LogP) is 5.08. The first-order valence-electron chi connectivity index (χ1n) is 8.51. The van der Waals surface area contributed by atoms with E-state index in [9.17, 15) is 9.59 Å². The summed E-state index contributed by atoms with van der Waals surface area (Å²) < 4.78 is 6.11. The topological polar surface area (TPSA) is 71.3 Å². The number of furan rings is 1. The number of amides is 2. The number of hydrogen-bond acceptors (Lipinski definition) is 4. The lowest BCUT2D eigenvalue weighted by molar-refractivity contribution is 0.0933. The zero-order valence-corrected chi connectivity index (χ0v) is 16.9. The first-order chi connectivity index (χ1) is 13.0. The number of carbonyl (C=O) groups excluding carboxylic acids is 2. The van der Waals surface area contributed by atoms with E-state index in [1.54, 1.807) is 18.2 Å². The zero-order valence-electron chi connectivity index (χ0n) is 14.5. The van der Waals surface area contributed by atoms with Crippen LogP contribution in [0.5, 0.6) is 0 Å². The van der Waals surface area contributed by atoms with Crippen molar-refractivity contribution in [3.8, 4) is 0 Å². The Hall–Kier alpha value is -2.38. The molecule has 27 heavy (non-hydrogen) atoms. The Kier molecular flexibility index (Phi) is 4.65. The Bertz CT molecular complexity index is 989. The summed E-state index contributed by atoms with van der Waals surface area (Å²) in [7, 11) is 0. The molecule has 0 bridgehead atoms. The molecule has 1 saturated carbocycles. The second-order valence-corrected chi connectivity index (χ2v) is 8.57. The Morgan fingerprint density at radius 2 is 1.89 bits per heavy atom.